The van der Waals surface area contributed by atoms with Gasteiger partial charge in [-0.1, -0.05) is 18.2 Å². The van der Waals surface area contributed by atoms with E-state index in [1.54, 1.807) is 19.4 Å². The Bertz CT molecular complexity index is 858. The molecule has 0 bridgehead atoms. The van der Waals surface area contributed by atoms with E-state index in [4.69, 9.17) is 4.84 Å². The van der Waals surface area contributed by atoms with Crippen LogP contribution in [0.3, 0.4) is 0 Å². The second-order valence-electron chi connectivity index (χ2n) is 5.49. The summed E-state index contributed by atoms with van der Waals surface area (Å²) in [5, 5.41) is 19.0. The van der Waals surface area contributed by atoms with E-state index in [0.29, 0.717) is 11.3 Å². The first-order chi connectivity index (χ1) is 12.0. The molecule has 7 nitrogen and oxygen atoms in total. The van der Waals surface area contributed by atoms with Gasteiger partial charge in [-0.15, -0.1) is 4.73 Å². The summed E-state index contributed by atoms with van der Waals surface area (Å²) >= 11 is 0. The van der Waals surface area contributed by atoms with Crippen LogP contribution in [0.4, 0.5) is 4.79 Å². The average molecular weight is 339 g/mol. The van der Waals surface area contributed by atoms with Gasteiger partial charge in [0.2, 0.25) is 11.8 Å². The number of aromatic nitrogens is 2. The quantitative estimate of drug-likeness (QED) is 0.763. The van der Waals surface area contributed by atoms with Crippen molar-refractivity contribution in [1.82, 2.24) is 14.6 Å². The Labute approximate surface area is 144 Å². The maximum atomic E-state index is 12.1. The largest absolute Gasteiger partial charge is 0.492 e. The highest BCUT2D eigenvalue weighted by molar-refractivity contribution is 5.68. The minimum atomic E-state index is -0.712. The highest BCUT2D eigenvalue weighted by Crippen LogP contribution is 2.21. The van der Waals surface area contributed by atoms with Crippen LogP contribution in [0.15, 0.2) is 60.9 Å². The first-order valence-electron chi connectivity index (χ1n) is 7.57. The SMILES string of the molecule is CN(Cc1cccc(-c2ccncc2)c1)C(=O)On1c(O)ccc1O. The van der Waals surface area contributed by atoms with Gasteiger partial charge in [0.15, 0.2) is 0 Å². The summed E-state index contributed by atoms with van der Waals surface area (Å²) in [5.41, 5.74) is 2.96. The summed E-state index contributed by atoms with van der Waals surface area (Å²) in [6.45, 7) is 0.306. The van der Waals surface area contributed by atoms with E-state index >= 15 is 0 Å². The molecule has 0 saturated heterocycles. The van der Waals surface area contributed by atoms with E-state index in [1.165, 1.54) is 17.0 Å². The number of rotatable bonds is 4. The first-order valence-corrected chi connectivity index (χ1v) is 7.57. The minimum Gasteiger partial charge on any atom is -0.492 e. The van der Waals surface area contributed by atoms with Crippen LogP contribution >= 0.6 is 0 Å². The number of carbonyl (C=O) groups excluding carboxylic acids is 1. The van der Waals surface area contributed by atoms with Gasteiger partial charge in [-0.25, -0.2) is 4.79 Å². The Morgan fingerprint density at radius 2 is 1.76 bits per heavy atom. The number of hydrogen-bond donors (Lipinski definition) is 2. The molecule has 1 aromatic carbocycles. The zero-order chi connectivity index (χ0) is 17.8. The average Bonchev–Trinajstić information content (AvgIpc) is 2.94. The summed E-state index contributed by atoms with van der Waals surface area (Å²) in [4.78, 5) is 22.4. The normalized spacial score (nSPS) is 10.4. The summed E-state index contributed by atoms with van der Waals surface area (Å²) < 4.78 is 0.659. The Kier molecular flexibility index (Phi) is 4.56. The van der Waals surface area contributed by atoms with Crippen molar-refractivity contribution in [3.8, 4) is 22.9 Å². The summed E-state index contributed by atoms with van der Waals surface area (Å²) in [7, 11) is 1.57. The fourth-order valence-electron chi connectivity index (χ4n) is 2.38. The third-order valence-electron chi connectivity index (χ3n) is 3.64. The highest BCUT2D eigenvalue weighted by Gasteiger charge is 2.16. The van der Waals surface area contributed by atoms with E-state index in [9.17, 15) is 15.0 Å². The van der Waals surface area contributed by atoms with Crippen molar-refractivity contribution >= 4 is 6.09 Å². The molecule has 7 heteroatoms. The molecule has 1 amide bonds. The molecule has 3 rings (SSSR count). The summed E-state index contributed by atoms with van der Waals surface area (Å²) in [6, 6.07) is 14.0. The lowest BCUT2D eigenvalue weighted by atomic mass is 10.0. The molecule has 0 atom stereocenters. The van der Waals surface area contributed by atoms with Crippen LogP contribution in [0, 0.1) is 0 Å². The lowest BCUT2D eigenvalue weighted by Crippen LogP contribution is -2.33. The van der Waals surface area contributed by atoms with E-state index in [-0.39, 0.29) is 11.8 Å². The Hall–Kier alpha value is -3.48. The van der Waals surface area contributed by atoms with Crippen molar-refractivity contribution in [2.75, 3.05) is 7.05 Å². The smallest absolute Gasteiger partial charge is 0.434 e. The molecule has 0 unspecified atom stereocenters. The molecule has 2 heterocycles. The molecule has 0 aliphatic heterocycles. The van der Waals surface area contributed by atoms with Gasteiger partial charge in [0.25, 0.3) is 0 Å². The third-order valence-corrected chi connectivity index (χ3v) is 3.64. The number of pyridine rings is 1. The topological polar surface area (TPSA) is 87.8 Å². The number of benzene rings is 1. The monoisotopic (exact) mass is 339 g/mol. The van der Waals surface area contributed by atoms with Gasteiger partial charge in [-0.05, 0) is 34.9 Å². The van der Waals surface area contributed by atoms with Gasteiger partial charge in [0.05, 0.1) is 0 Å². The molecule has 0 saturated carbocycles. The van der Waals surface area contributed by atoms with Crippen molar-refractivity contribution in [3.63, 3.8) is 0 Å². The fraction of sp³-hybridized carbons (Fsp3) is 0.111. The summed E-state index contributed by atoms with van der Waals surface area (Å²) in [6.07, 6.45) is 2.74. The van der Waals surface area contributed by atoms with Crippen LogP contribution in [-0.2, 0) is 6.54 Å². The molecule has 128 valence electrons. The second-order valence-corrected chi connectivity index (χ2v) is 5.49. The van der Waals surface area contributed by atoms with Gasteiger partial charge >= 0.3 is 6.09 Å². The van der Waals surface area contributed by atoms with Crippen molar-refractivity contribution in [2.24, 2.45) is 0 Å². The van der Waals surface area contributed by atoms with E-state index in [2.05, 4.69) is 4.98 Å². The van der Waals surface area contributed by atoms with Crippen molar-refractivity contribution in [1.29, 1.82) is 0 Å². The minimum absolute atomic E-state index is 0.306. The zero-order valence-corrected chi connectivity index (χ0v) is 13.5. The lowest BCUT2D eigenvalue weighted by Gasteiger charge is -2.17. The molecule has 2 N–H and O–H groups in total. The number of amides is 1. The molecular formula is C18H17N3O4. The highest BCUT2D eigenvalue weighted by atomic mass is 16.7. The molecule has 0 spiro atoms. The van der Waals surface area contributed by atoms with Crippen LogP contribution in [0.1, 0.15) is 5.56 Å². The number of nitrogens with zero attached hydrogens (tertiary/aromatic N) is 3. The van der Waals surface area contributed by atoms with Gasteiger partial charge < -0.3 is 20.0 Å². The maximum absolute atomic E-state index is 12.1. The molecule has 0 aliphatic rings. The van der Waals surface area contributed by atoms with Crippen molar-refractivity contribution < 1.29 is 19.8 Å². The van der Waals surface area contributed by atoms with E-state index < -0.39 is 6.09 Å². The van der Waals surface area contributed by atoms with Crippen LogP contribution in [0.5, 0.6) is 11.8 Å². The molecule has 0 radical (unpaired) electrons. The Morgan fingerprint density at radius 3 is 2.44 bits per heavy atom. The van der Waals surface area contributed by atoms with Crippen LogP contribution < -0.4 is 4.84 Å². The van der Waals surface area contributed by atoms with Gasteiger partial charge in [-0.2, -0.15) is 0 Å². The molecule has 0 fully saturated rings. The molecule has 25 heavy (non-hydrogen) atoms. The first kappa shape index (κ1) is 16.4. The number of aromatic hydroxyl groups is 2. The second kappa shape index (κ2) is 6.96. The molecule has 3 aromatic rings. The van der Waals surface area contributed by atoms with Crippen LogP contribution in [-0.4, -0.2) is 38.0 Å². The number of carbonyl (C=O) groups is 1. The molecule has 2 aromatic heterocycles. The molecular weight excluding hydrogens is 322 g/mol. The zero-order valence-electron chi connectivity index (χ0n) is 13.5. The summed E-state index contributed by atoms with van der Waals surface area (Å²) in [5.74, 6) is -0.724. The maximum Gasteiger partial charge on any atom is 0.434 e. The Balaban J connectivity index is 1.70. The predicted octanol–water partition coefficient (Wildman–Crippen LogP) is 2.64. The predicted molar refractivity (Wildman–Crippen MR) is 90.9 cm³/mol. The van der Waals surface area contributed by atoms with Crippen LogP contribution in [0.2, 0.25) is 0 Å². The van der Waals surface area contributed by atoms with Crippen molar-refractivity contribution in [2.45, 2.75) is 6.54 Å². The van der Waals surface area contributed by atoms with Crippen molar-refractivity contribution in [3.05, 3.63) is 66.5 Å². The molecule has 0 aliphatic carbocycles. The van der Waals surface area contributed by atoms with Crippen LogP contribution in [0.25, 0.3) is 11.1 Å². The number of hydrogen-bond acceptors (Lipinski definition) is 5. The lowest BCUT2D eigenvalue weighted by molar-refractivity contribution is 0.0794. The van der Waals surface area contributed by atoms with Gasteiger partial charge in [-0.3, -0.25) is 4.98 Å². The fourth-order valence-corrected chi connectivity index (χ4v) is 2.38. The Morgan fingerprint density at radius 1 is 1.08 bits per heavy atom. The standard InChI is InChI=1S/C18H17N3O4/c1-20(18(24)25-21-16(22)5-6-17(21)23)12-13-3-2-4-15(11-13)14-7-9-19-10-8-14/h2-11,22-23H,12H2,1H3. The van der Waals surface area contributed by atoms with Gasteiger partial charge in [0.1, 0.15) is 0 Å². The third kappa shape index (κ3) is 3.72. The van der Waals surface area contributed by atoms with Gasteiger partial charge in [0, 0.05) is 38.1 Å². The van der Waals surface area contributed by atoms with E-state index in [1.807, 2.05) is 36.4 Å². The van der Waals surface area contributed by atoms with E-state index in [0.717, 1.165) is 16.7 Å².